The molecule has 0 aliphatic carbocycles. The van der Waals surface area contributed by atoms with Crippen molar-refractivity contribution in [3.05, 3.63) is 23.9 Å². The van der Waals surface area contributed by atoms with E-state index in [-0.39, 0.29) is 12.3 Å². The monoisotopic (exact) mass is 292 g/mol. The van der Waals surface area contributed by atoms with Crippen molar-refractivity contribution in [3.63, 3.8) is 0 Å². The van der Waals surface area contributed by atoms with Crippen molar-refractivity contribution in [1.29, 1.82) is 0 Å². The van der Waals surface area contributed by atoms with E-state index in [1.807, 2.05) is 13.8 Å². The quantitative estimate of drug-likeness (QED) is 0.385. The second kappa shape index (κ2) is 8.68. The first-order valence-electron chi connectivity index (χ1n) is 6.72. The number of hydrazone groups is 1. The number of anilines is 1. The van der Waals surface area contributed by atoms with Gasteiger partial charge in [0, 0.05) is 24.9 Å². The number of carboxylic acids is 1. The van der Waals surface area contributed by atoms with E-state index in [0.29, 0.717) is 30.8 Å². The molecular formula is C14H20N4O3. The Bertz CT molecular complexity index is 507. The van der Waals surface area contributed by atoms with Gasteiger partial charge in [0.2, 0.25) is 0 Å². The Morgan fingerprint density at radius 3 is 2.62 bits per heavy atom. The third-order valence-electron chi connectivity index (χ3n) is 2.52. The van der Waals surface area contributed by atoms with Gasteiger partial charge in [-0.1, -0.05) is 0 Å². The molecule has 0 unspecified atom stereocenters. The fourth-order valence-corrected chi connectivity index (χ4v) is 1.47. The average molecular weight is 292 g/mol. The predicted molar refractivity (Wildman–Crippen MR) is 80.5 cm³/mol. The van der Waals surface area contributed by atoms with E-state index in [1.54, 1.807) is 12.1 Å². The zero-order valence-corrected chi connectivity index (χ0v) is 12.2. The molecule has 7 heteroatoms. The van der Waals surface area contributed by atoms with Gasteiger partial charge in [-0.2, -0.15) is 5.10 Å². The molecular weight excluding hydrogens is 272 g/mol. The highest BCUT2D eigenvalue weighted by Gasteiger charge is 2.05. The summed E-state index contributed by atoms with van der Waals surface area (Å²) in [5.74, 6) is -0.479. The molecule has 0 fully saturated rings. The summed E-state index contributed by atoms with van der Waals surface area (Å²) >= 11 is 0. The number of carbonyl (C=O) groups is 2. The zero-order chi connectivity index (χ0) is 15.7. The number of aliphatic carboxylic acids is 1. The van der Waals surface area contributed by atoms with Crippen molar-refractivity contribution < 1.29 is 14.7 Å². The number of amides is 1. The molecule has 1 heterocycles. The summed E-state index contributed by atoms with van der Waals surface area (Å²) in [5, 5.41) is 15.2. The molecule has 0 aromatic carbocycles. The Labute approximate surface area is 123 Å². The van der Waals surface area contributed by atoms with Gasteiger partial charge >= 0.3 is 5.97 Å². The first kappa shape index (κ1) is 16.6. The third kappa shape index (κ3) is 7.05. The largest absolute Gasteiger partial charge is 0.481 e. The number of hydrogen-bond donors (Lipinski definition) is 3. The molecule has 0 saturated heterocycles. The highest BCUT2D eigenvalue weighted by Crippen LogP contribution is 2.05. The minimum atomic E-state index is -0.821. The number of rotatable bonds is 8. The second-order valence-electron chi connectivity index (χ2n) is 4.71. The summed E-state index contributed by atoms with van der Waals surface area (Å²) in [4.78, 5) is 26.2. The van der Waals surface area contributed by atoms with Gasteiger partial charge in [-0.25, -0.2) is 4.98 Å². The molecule has 3 N–H and O–H groups in total. The molecule has 0 radical (unpaired) electrons. The maximum atomic E-state index is 11.8. The highest BCUT2D eigenvalue weighted by molar-refractivity contribution is 5.94. The Morgan fingerprint density at radius 1 is 1.29 bits per heavy atom. The van der Waals surface area contributed by atoms with Crippen LogP contribution in [-0.2, 0) is 4.79 Å². The van der Waals surface area contributed by atoms with Crippen molar-refractivity contribution in [2.24, 2.45) is 5.10 Å². The SMILES string of the molecule is CC(C)=NNc1ccc(C(=O)NCCCCC(=O)O)cn1. The Morgan fingerprint density at radius 2 is 2.05 bits per heavy atom. The number of carboxylic acid groups (broad SMARTS) is 1. The lowest BCUT2D eigenvalue weighted by atomic mass is 10.2. The van der Waals surface area contributed by atoms with Gasteiger partial charge in [0.1, 0.15) is 5.82 Å². The summed E-state index contributed by atoms with van der Waals surface area (Å²) in [6, 6.07) is 3.33. The molecule has 21 heavy (non-hydrogen) atoms. The van der Waals surface area contributed by atoms with Crippen molar-refractivity contribution in [3.8, 4) is 0 Å². The smallest absolute Gasteiger partial charge is 0.303 e. The summed E-state index contributed by atoms with van der Waals surface area (Å²) in [6.45, 7) is 4.17. The molecule has 1 aromatic rings. The van der Waals surface area contributed by atoms with Crippen LogP contribution in [0, 0.1) is 0 Å². The second-order valence-corrected chi connectivity index (χ2v) is 4.71. The van der Waals surface area contributed by atoms with Crippen LogP contribution in [0.5, 0.6) is 0 Å². The summed E-state index contributed by atoms with van der Waals surface area (Å²) < 4.78 is 0. The standard InChI is InChI=1S/C14H20N4O3/c1-10(2)17-18-12-7-6-11(9-16-12)14(21)15-8-4-3-5-13(19)20/h6-7,9H,3-5,8H2,1-2H3,(H,15,21)(H,16,18)(H,19,20). The maximum absolute atomic E-state index is 11.8. The molecule has 0 aliphatic rings. The van der Waals surface area contributed by atoms with Crippen LogP contribution >= 0.6 is 0 Å². The highest BCUT2D eigenvalue weighted by atomic mass is 16.4. The Kier molecular flexibility index (Phi) is 6.86. The lowest BCUT2D eigenvalue weighted by Gasteiger charge is -2.05. The molecule has 1 amide bonds. The molecule has 7 nitrogen and oxygen atoms in total. The van der Waals surface area contributed by atoms with Gasteiger partial charge < -0.3 is 10.4 Å². The van der Waals surface area contributed by atoms with E-state index in [2.05, 4.69) is 20.8 Å². The molecule has 114 valence electrons. The van der Waals surface area contributed by atoms with E-state index in [0.717, 1.165) is 5.71 Å². The number of nitrogens with zero attached hydrogens (tertiary/aromatic N) is 2. The van der Waals surface area contributed by atoms with E-state index in [1.165, 1.54) is 6.20 Å². The third-order valence-corrected chi connectivity index (χ3v) is 2.52. The van der Waals surface area contributed by atoms with E-state index in [9.17, 15) is 9.59 Å². The normalized spacial score (nSPS) is 9.81. The molecule has 0 atom stereocenters. The maximum Gasteiger partial charge on any atom is 0.303 e. The van der Waals surface area contributed by atoms with Crippen molar-refractivity contribution >= 4 is 23.4 Å². The van der Waals surface area contributed by atoms with Crippen LogP contribution in [0.4, 0.5) is 5.82 Å². The number of nitrogens with one attached hydrogen (secondary N) is 2. The molecule has 1 rings (SSSR count). The summed E-state index contributed by atoms with van der Waals surface area (Å²) in [7, 11) is 0. The number of unbranched alkanes of at least 4 members (excludes halogenated alkanes) is 1. The molecule has 0 aliphatic heterocycles. The summed E-state index contributed by atoms with van der Waals surface area (Å²) in [5.41, 5.74) is 4.10. The van der Waals surface area contributed by atoms with Crippen molar-refractivity contribution in [2.75, 3.05) is 12.0 Å². The molecule has 0 spiro atoms. The van der Waals surface area contributed by atoms with Crippen LogP contribution in [0.25, 0.3) is 0 Å². The topological polar surface area (TPSA) is 104 Å². The van der Waals surface area contributed by atoms with Crippen LogP contribution in [-0.4, -0.2) is 34.2 Å². The lowest BCUT2D eigenvalue weighted by molar-refractivity contribution is -0.137. The van der Waals surface area contributed by atoms with Crippen LogP contribution in [0.3, 0.4) is 0 Å². The number of pyridine rings is 1. The van der Waals surface area contributed by atoms with E-state index in [4.69, 9.17) is 5.11 Å². The predicted octanol–water partition coefficient (Wildman–Crippen LogP) is 1.87. The van der Waals surface area contributed by atoms with Crippen molar-refractivity contribution in [1.82, 2.24) is 10.3 Å². The lowest BCUT2D eigenvalue weighted by Crippen LogP contribution is -2.24. The fraction of sp³-hybridized carbons (Fsp3) is 0.429. The molecule has 1 aromatic heterocycles. The Balaban J connectivity index is 2.37. The van der Waals surface area contributed by atoms with E-state index < -0.39 is 5.97 Å². The summed E-state index contributed by atoms with van der Waals surface area (Å²) in [6.07, 6.45) is 2.77. The van der Waals surface area contributed by atoms with Gasteiger partial charge in [-0.15, -0.1) is 0 Å². The minimum Gasteiger partial charge on any atom is -0.481 e. The van der Waals surface area contributed by atoms with Crippen LogP contribution < -0.4 is 10.7 Å². The molecule has 0 bridgehead atoms. The van der Waals surface area contributed by atoms with Crippen molar-refractivity contribution in [2.45, 2.75) is 33.1 Å². The van der Waals surface area contributed by atoms with Crippen LogP contribution in [0.15, 0.2) is 23.4 Å². The van der Waals surface area contributed by atoms with Crippen LogP contribution in [0.2, 0.25) is 0 Å². The minimum absolute atomic E-state index is 0.120. The number of carbonyl (C=O) groups excluding carboxylic acids is 1. The van der Waals surface area contributed by atoms with Gasteiger partial charge in [-0.05, 0) is 38.8 Å². The van der Waals surface area contributed by atoms with Gasteiger partial charge in [0.15, 0.2) is 0 Å². The van der Waals surface area contributed by atoms with E-state index >= 15 is 0 Å². The molecule has 0 saturated carbocycles. The fourth-order valence-electron chi connectivity index (χ4n) is 1.47. The van der Waals surface area contributed by atoms with Gasteiger partial charge in [0.25, 0.3) is 5.91 Å². The first-order chi connectivity index (χ1) is 9.99. The van der Waals surface area contributed by atoms with Gasteiger partial charge in [0.05, 0.1) is 5.56 Å². The number of hydrogen-bond acceptors (Lipinski definition) is 5. The number of aromatic nitrogens is 1. The van der Waals surface area contributed by atoms with Gasteiger partial charge in [-0.3, -0.25) is 15.0 Å². The van der Waals surface area contributed by atoms with Crippen LogP contribution in [0.1, 0.15) is 43.5 Å². The average Bonchev–Trinajstić information content (AvgIpc) is 2.44. The first-order valence-corrected chi connectivity index (χ1v) is 6.72. The Hall–Kier alpha value is -2.44. The zero-order valence-electron chi connectivity index (χ0n) is 12.2.